The van der Waals surface area contributed by atoms with Gasteiger partial charge < -0.3 is 14.9 Å². The molecular formula is C16H22N2O3. The Morgan fingerprint density at radius 3 is 2.81 bits per heavy atom. The summed E-state index contributed by atoms with van der Waals surface area (Å²) in [5.41, 5.74) is -0.393. The van der Waals surface area contributed by atoms with Gasteiger partial charge in [0.15, 0.2) is 6.10 Å². The number of nitrogens with one attached hydrogen (secondary N) is 1. The van der Waals surface area contributed by atoms with E-state index in [0.29, 0.717) is 6.54 Å². The van der Waals surface area contributed by atoms with Crippen molar-refractivity contribution < 1.29 is 14.3 Å². The summed E-state index contributed by atoms with van der Waals surface area (Å²) in [6.45, 7) is 13.7. The van der Waals surface area contributed by atoms with Crippen LogP contribution in [-0.2, 0) is 14.3 Å². The van der Waals surface area contributed by atoms with Crippen molar-refractivity contribution in [2.24, 2.45) is 29.1 Å². The van der Waals surface area contributed by atoms with Crippen molar-refractivity contribution in [2.45, 2.75) is 45.8 Å². The van der Waals surface area contributed by atoms with Gasteiger partial charge in [0.05, 0.1) is 5.92 Å². The average Bonchev–Trinajstić information content (AvgIpc) is 3.05. The third-order valence-electron chi connectivity index (χ3n) is 5.88. The Kier molecular flexibility index (Phi) is 3.23. The van der Waals surface area contributed by atoms with Gasteiger partial charge in [-0.25, -0.2) is 6.57 Å². The van der Waals surface area contributed by atoms with E-state index >= 15 is 0 Å². The molecule has 6 unspecified atom stereocenters. The third kappa shape index (κ3) is 1.96. The van der Waals surface area contributed by atoms with Gasteiger partial charge in [-0.2, -0.15) is 0 Å². The van der Waals surface area contributed by atoms with Gasteiger partial charge in [0.25, 0.3) is 6.04 Å². The minimum Gasteiger partial charge on any atom is -0.453 e. The van der Waals surface area contributed by atoms with Crippen LogP contribution in [0.3, 0.4) is 0 Å². The molecule has 2 bridgehead atoms. The van der Waals surface area contributed by atoms with E-state index in [1.165, 1.54) is 0 Å². The summed E-state index contributed by atoms with van der Waals surface area (Å²) in [7, 11) is 0. The van der Waals surface area contributed by atoms with Crippen LogP contribution in [0.15, 0.2) is 0 Å². The number of carbonyl (C=O) groups is 2. The minimum atomic E-state index is -0.393. The van der Waals surface area contributed by atoms with Crippen LogP contribution in [0, 0.1) is 35.7 Å². The molecule has 2 saturated carbocycles. The highest BCUT2D eigenvalue weighted by atomic mass is 16.6. The number of hydrogen-bond acceptors (Lipinski definition) is 3. The maximum absolute atomic E-state index is 12.2. The molecule has 1 amide bonds. The first-order valence-corrected chi connectivity index (χ1v) is 7.76. The van der Waals surface area contributed by atoms with Gasteiger partial charge in [0.2, 0.25) is 5.91 Å². The molecule has 1 N–H and O–H groups in total. The van der Waals surface area contributed by atoms with Crippen LogP contribution in [-0.4, -0.2) is 30.6 Å². The first kappa shape index (κ1) is 14.4. The lowest BCUT2D eigenvalue weighted by Gasteiger charge is -2.28. The molecule has 3 rings (SSSR count). The molecule has 0 aromatic rings. The summed E-state index contributed by atoms with van der Waals surface area (Å²) in [6.07, 6.45) is 1.48. The summed E-state index contributed by atoms with van der Waals surface area (Å²) < 4.78 is 5.40. The predicted molar refractivity (Wildman–Crippen MR) is 75.9 cm³/mol. The topological polar surface area (TPSA) is 59.8 Å². The quantitative estimate of drug-likeness (QED) is 0.632. The zero-order chi connectivity index (χ0) is 15.4. The van der Waals surface area contributed by atoms with Crippen LogP contribution in [0.5, 0.6) is 0 Å². The molecule has 3 aliphatic rings. The molecule has 5 nitrogen and oxygen atoms in total. The van der Waals surface area contributed by atoms with Gasteiger partial charge in [0.1, 0.15) is 0 Å². The molecule has 0 spiro atoms. The summed E-state index contributed by atoms with van der Waals surface area (Å²) in [4.78, 5) is 27.9. The molecule has 6 atom stereocenters. The normalized spacial score (nSPS) is 40.0. The second-order valence-corrected chi connectivity index (χ2v) is 7.22. The van der Waals surface area contributed by atoms with Gasteiger partial charge >= 0.3 is 5.97 Å². The van der Waals surface area contributed by atoms with Crippen LogP contribution >= 0.6 is 0 Å². The van der Waals surface area contributed by atoms with Gasteiger partial charge in [-0.05, 0) is 12.8 Å². The first-order chi connectivity index (χ1) is 9.90. The molecule has 0 aromatic carbocycles. The van der Waals surface area contributed by atoms with Crippen LogP contribution in [0.2, 0.25) is 0 Å². The molecule has 114 valence electrons. The van der Waals surface area contributed by atoms with Gasteiger partial charge in [-0.3, -0.25) is 9.59 Å². The van der Waals surface area contributed by atoms with Gasteiger partial charge in [-0.15, -0.1) is 0 Å². The third-order valence-corrected chi connectivity index (χ3v) is 5.88. The Balaban J connectivity index is 1.71. The minimum absolute atomic E-state index is 0.0232. The number of carbonyl (C=O) groups excluding carboxylic acids is 2. The van der Waals surface area contributed by atoms with E-state index in [9.17, 15) is 9.59 Å². The number of amides is 1. The monoisotopic (exact) mass is 290 g/mol. The zero-order valence-electron chi connectivity index (χ0n) is 12.8. The number of hydrogen-bond donors (Lipinski definition) is 1. The van der Waals surface area contributed by atoms with Crippen molar-refractivity contribution in [3.8, 4) is 0 Å². The van der Waals surface area contributed by atoms with E-state index in [-0.39, 0.29) is 47.7 Å². The molecule has 2 aliphatic carbocycles. The average molecular weight is 290 g/mol. The smallest absolute Gasteiger partial charge is 0.310 e. The lowest BCUT2D eigenvalue weighted by molar-refractivity contribution is -0.144. The van der Waals surface area contributed by atoms with E-state index in [0.717, 1.165) is 12.8 Å². The Morgan fingerprint density at radius 2 is 2.19 bits per heavy atom. The first-order valence-electron chi connectivity index (χ1n) is 7.76. The second kappa shape index (κ2) is 4.72. The molecule has 3 fully saturated rings. The number of rotatable bonds is 4. The molecule has 0 radical (unpaired) electrons. The maximum Gasteiger partial charge on any atom is 0.310 e. The Labute approximate surface area is 125 Å². The van der Waals surface area contributed by atoms with Crippen molar-refractivity contribution in [2.75, 3.05) is 6.54 Å². The Morgan fingerprint density at radius 1 is 1.48 bits per heavy atom. The predicted octanol–water partition coefficient (Wildman–Crippen LogP) is 1.63. The second-order valence-electron chi connectivity index (χ2n) is 7.22. The highest BCUT2D eigenvalue weighted by Gasteiger charge is 2.69. The lowest BCUT2D eigenvalue weighted by atomic mass is 9.77. The summed E-state index contributed by atoms with van der Waals surface area (Å²) >= 11 is 0. The van der Waals surface area contributed by atoms with E-state index in [2.05, 4.69) is 10.2 Å². The molecule has 5 heteroatoms. The highest BCUT2D eigenvalue weighted by molar-refractivity contribution is 5.82. The van der Waals surface area contributed by atoms with Crippen molar-refractivity contribution in [3.63, 3.8) is 0 Å². The maximum atomic E-state index is 12.2. The highest BCUT2D eigenvalue weighted by Crippen LogP contribution is 2.58. The molecular weight excluding hydrogens is 268 g/mol. The Hall–Kier alpha value is -1.57. The van der Waals surface area contributed by atoms with E-state index in [4.69, 9.17) is 11.3 Å². The number of fused-ring (bicyclic) bond motifs is 1. The summed E-state index contributed by atoms with van der Waals surface area (Å²) in [5.74, 6) is 0.212. The van der Waals surface area contributed by atoms with Crippen LogP contribution in [0.1, 0.15) is 33.6 Å². The van der Waals surface area contributed by atoms with Gasteiger partial charge in [-0.1, -0.05) is 20.8 Å². The van der Waals surface area contributed by atoms with E-state index in [1.54, 1.807) is 0 Å². The molecule has 1 heterocycles. The Bertz CT molecular complexity index is 522. The van der Waals surface area contributed by atoms with Crippen LogP contribution in [0.25, 0.3) is 4.85 Å². The molecule has 21 heavy (non-hydrogen) atoms. The molecule has 1 aliphatic heterocycles. The van der Waals surface area contributed by atoms with Crippen LogP contribution in [0.4, 0.5) is 0 Å². The fraction of sp³-hybridized carbons (Fsp3) is 0.812. The number of esters is 1. The standard InChI is InChI=1S/C16H22N2O3/c1-5-16(2,3)15(20)18-7-10-8-6-9-11(10)14(19)21-13(9)12(8)17-4/h8-13H,5-7H2,1-3H3,(H,18,20). The largest absolute Gasteiger partial charge is 0.453 e. The van der Waals surface area contributed by atoms with E-state index < -0.39 is 5.41 Å². The number of nitrogens with zero attached hydrogens (tertiary/aromatic N) is 1. The SMILES string of the molecule is [C-]#[N+]C1C2CC3C1OC(=O)C3C2CNC(=O)C(C)(C)CC. The van der Waals surface area contributed by atoms with Crippen molar-refractivity contribution >= 4 is 11.9 Å². The lowest BCUT2D eigenvalue weighted by Crippen LogP contribution is -2.44. The van der Waals surface area contributed by atoms with Gasteiger partial charge in [0, 0.05) is 29.7 Å². The van der Waals surface area contributed by atoms with Crippen molar-refractivity contribution in [1.29, 1.82) is 0 Å². The van der Waals surface area contributed by atoms with Crippen LogP contribution < -0.4 is 5.32 Å². The molecule has 0 aromatic heterocycles. The summed E-state index contributed by atoms with van der Waals surface area (Å²) in [5, 5.41) is 3.00. The number of ether oxygens (including phenoxy) is 1. The fourth-order valence-electron chi connectivity index (χ4n) is 4.22. The zero-order valence-corrected chi connectivity index (χ0v) is 12.8. The van der Waals surface area contributed by atoms with Crippen molar-refractivity contribution in [3.05, 3.63) is 11.4 Å². The fourth-order valence-corrected chi connectivity index (χ4v) is 4.22. The van der Waals surface area contributed by atoms with Crippen molar-refractivity contribution in [1.82, 2.24) is 5.32 Å². The molecule has 1 saturated heterocycles. The van der Waals surface area contributed by atoms with E-state index in [1.807, 2.05) is 20.8 Å². The summed E-state index contributed by atoms with van der Waals surface area (Å²) in [6, 6.07) is -0.209.